The molecule has 1 saturated carbocycles. The van der Waals surface area contributed by atoms with Crippen LogP contribution >= 0.6 is 0 Å². The first-order chi connectivity index (χ1) is 9.27. The molecule has 0 radical (unpaired) electrons. The van der Waals surface area contributed by atoms with Gasteiger partial charge in [0.05, 0.1) is 12.4 Å². The summed E-state index contributed by atoms with van der Waals surface area (Å²) >= 11 is 0. The first-order valence-corrected chi connectivity index (χ1v) is 5.85. The summed E-state index contributed by atoms with van der Waals surface area (Å²) in [4.78, 5) is 19.3. The Kier molecular flexibility index (Phi) is 3.69. The summed E-state index contributed by atoms with van der Waals surface area (Å²) in [7, 11) is 1.70. The van der Waals surface area contributed by atoms with Gasteiger partial charge in [-0.25, -0.2) is 14.8 Å². The average molecular weight is 290 g/mol. The zero-order valence-corrected chi connectivity index (χ0v) is 10.6. The Balaban J connectivity index is 1.94. The fourth-order valence-corrected chi connectivity index (χ4v) is 1.95. The topological polar surface area (TPSA) is 81.3 Å². The normalized spacial score (nSPS) is 22.0. The number of nitrogens with zero attached hydrogens (tertiary/aromatic N) is 3. The van der Waals surface area contributed by atoms with Crippen LogP contribution in [0.25, 0.3) is 0 Å². The van der Waals surface area contributed by atoms with Crippen molar-refractivity contribution in [2.45, 2.75) is 31.2 Å². The van der Waals surface area contributed by atoms with Crippen molar-refractivity contribution in [3.63, 3.8) is 0 Å². The molecule has 0 saturated heterocycles. The van der Waals surface area contributed by atoms with E-state index in [0.717, 1.165) is 6.20 Å². The molecule has 20 heavy (non-hydrogen) atoms. The lowest BCUT2D eigenvalue weighted by Gasteiger charge is -2.40. The van der Waals surface area contributed by atoms with Gasteiger partial charge in [0.25, 0.3) is 0 Å². The minimum Gasteiger partial charge on any atom is -0.446 e. The molecular formula is C11H13F3N4O2. The van der Waals surface area contributed by atoms with E-state index >= 15 is 0 Å². The van der Waals surface area contributed by atoms with Gasteiger partial charge in [0.2, 0.25) is 0 Å². The maximum absolute atomic E-state index is 12.4. The van der Waals surface area contributed by atoms with E-state index in [4.69, 9.17) is 10.5 Å². The van der Waals surface area contributed by atoms with Gasteiger partial charge in [0.15, 0.2) is 5.69 Å². The van der Waals surface area contributed by atoms with Gasteiger partial charge in [-0.2, -0.15) is 13.2 Å². The van der Waals surface area contributed by atoms with Crippen LogP contribution in [-0.4, -0.2) is 35.3 Å². The molecule has 1 amide bonds. The highest BCUT2D eigenvalue weighted by Crippen LogP contribution is 2.31. The first-order valence-electron chi connectivity index (χ1n) is 5.85. The van der Waals surface area contributed by atoms with E-state index in [1.54, 1.807) is 11.9 Å². The molecule has 6 nitrogen and oxygen atoms in total. The maximum atomic E-state index is 12.4. The molecule has 1 fully saturated rings. The average Bonchev–Trinajstić information content (AvgIpc) is 2.31. The van der Waals surface area contributed by atoms with Crippen LogP contribution in [0.4, 0.5) is 23.8 Å². The molecule has 2 rings (SSSR count). The van der Waals surface area contributed by atoms with Gasteiger partial charge in [-0.15, -0.1) is 0 Å². The Labute approximate surface area is 112 Å². The lowest BCUT2D eigenvalue weighted by molar-refractivity contribution is -0.141. The van der Waals surface area contributed by atoms with E-state index in [1.165, 1.54) is 0 Å². The summed E-state index contributed by atoms with van der Waals surface area (Å²) in [5.74, 6) is 0.334. The molecule has 0 spiro atoms. The number of anilines is 1. The van der Waals surface area contributed by atoms with E-state index in [9.17, 15) is 18.0 Å². The van der Waals surface area contributed by atoms with Crippen molar-refractivity contribution in [3.8, 4) is 0 Å². The zero-order valence-electron chi connectivity index (χ0n) is 10.6. The highest BCUT2D eigenvalue weighted by Gasteiger charge is 2.36. The number of carbonyl (C=O) groups excluding carboxylic acids is 1. The van der Waals surface area contributed by atoms with Crippen molar-refractivity contribution in [2.75, 3.05) is 11.9 Å². The SMILES string of the molecule is CN(c1cnc(C(F)(F)F)cn1)C1CC(OC(N)=O)C1. The van der Waals surface area contributed by atoms with Crippen LogP contribution in [0.5, 0.6) is 0 Å². The Morgan fingerprint density at radius 3 is 2.50 bits per heavy atom. The third-order valence-corrected chi connectivity index (χ3v) is 3.19. The Morgan fingerprint density at radius 1 is 1.40 bits per heavy atom. The molecule has 0 aromatic carbocycles. The van der Waals surface area contributed by atoms with Gasteiger partial charge in [-0.05, 0) is 0 Å². The predicted octanol–water partition coefficient (Wildman–Crippen LogP) is 1.56. The number of hydrogen-bond donors (Lipinski definition) is 1. The van der Waals surface area contributed by atoms with Gasteiger partial charge in [-0.1, -0.05) is 0 Å². The quantitative estimate of drug-likeness (QED) is 0.913. The lowest BCUT2D eigenvalue weighted by Crippen LogP contribution is -2.48. The monoisotopic (exact) mass is 290 g/mol. The van der Waals surface area contributed by atoms with Crippen molar-refractivity contribution >= 4 is 11.9 Å². The highest BCUT2D eigenvalue weighted by molar-refractivity contribution is 5.65. The van der Waals surface area contributed by atoms with Gasteiger partial charge >= 0.3 is 12.3 Å². The number of ether oxygens (including phenoxy) is 1. The third kappa shape index (κ3) is 3.09. The second-order valence-electron chi connectivity index (χ2n) is 4.55. The molecule has 1 heterocycles. The van der Waals surface area contributed by atoms with E-state index < -0.39 is 18.0 Å². The molecule has 1 aliphatic carbocycles. The second-order valence-corrected chi connectivity index (χ2v) is 4.55. The summed E-state index contributed by atoms with van der Waals surface area (Å²) < 4.78 is 41.9. The fraction of sp³-hybridized carbons (Fsp3) is 0.545. The minimum absolute atomic E-state index is 0.0328. The predicted molar refractivity (Wildman–Crippen MR) is 62.9 cm³/mol. The van der Waals surface area contributed by atoms with Gasteiger partial charge < -0.3 is 15.4 Å². The standard InChI is InChI=1S/C11H13F3N4O2/c1-18(6-2-7(3-6)20-10(15)19)9-5-16-8(4-17-9)11(12,13)14/h4-7H,2-3H2,1H3,(H2,15,19). The summed E-state index contributed by atoms with van der Waals surface area (Å²) in [5, 5.41) is 0. The van der Waals surface area contributed by atoms with Crippen molar-refractivity contribution < 1.29 is 22.7 Å². The third-order valence-electron chi connectivity index (χ3n) is 3.19. The molecule has 1 aromatic rings. The van der Waals surface area contributed by atoms with Crippen LogP contribution in [0.2, 0.25) is 0 Å². The van der Waals surface area contributed by atoms with Crippen molar-refractivity contribution in [1.29, 1.82) is 0 Å². The van der Waals surface area contributed by atoms with Gasteiger partial charge in [0, 0.05) is 25.9 Å². The zero-order chi connectivity index (χ0) is 14.9. The number of primary amides is 1. The number of nitrogens with two attached hydrogens (primary N) is 1. The second kappa shape index (κ2) is 5.14. The smallest absolute Gasteiger partial charge is 0.434 e. The number of rotatable bonds is 3. The number of carbonyl (C=O) groups is 1. The number of alkyl halides is 3. The number of hydrogen-bond acceptors (Lipinski definition) is 5. The van der Waals surface area contributed by atoms with Crippen molar-refractivity contribution in [1.82, 2.24) is 9.97 Å². The van der Waals surface area contributed by atoms with Crippen LogP contribution in [0.15, 0.2) is 12.4 Å². The molecule has 9 heteroatoms. The molecule has 0 unspecified atom stereocenters. The Morgan fingerprint density at radius 2 is 2.05 bits per heavy atom. The molecule has 0 atom stereocenters. The van der Waals surface area contributed by atoms with Gasteiger partial charge in [-0.3, -0.25) is 0 Å². The van der Waals surface area contributed by atoms with Crippen LogP contribution in [0.3, 0.4) is 0 Å². The first kappa shape index (κ1) is 14.4. The molecule has 1 aliphatic rings. The van der Waals surface area contributed by atoms with Crippen LogP contribution in [0, 0.1) is 0 Å². The van der Waals surface area contributed by atoms with Gasteiger partial charge in [0.1, 0.15) is 11.9 Å². The Bertz CT molecular complexity index is 485. The molecule has 0 aliphatic heterocycles. The molecule has 2 N–H and O–H groups in total. The summed E-state index contributed by atoms with van der Waals surface area (Å²) in [6.45, 7) is 0. The van der Waals surface area contributed by atoms with E-state index in [0.29, 0.717) is 24.9 Å². The molecular weight excluding hydrogens is 277 g/mol. The van der Waals surface area contributed by atoms with Crippen LogP contribution in [0.1, 0.15) is 18.5 Å². The number of aromatic nitrogens is 2. The largest absolute Gasteiger partial charge is 0.446 e. The summed E-state index contributed by atoms with van der Waals surface area (Å²) in [5.41, 5.74) is 3.86. The van der Waals surface area contributed by atoms with Crippen molar-refractivity contribution in [3.05, 3.63) is 18.1 Å². The minimum atomic E-state index is -4.50. The Hall–Kier alpha value is -2.06. The maximum Gasteiger partial charge on any atom is 0.434 e. The summed E-state index contributed by atoms with van der Waals surface area (Å²) in [6, 6.07) is 0.0328. The summed E-state index contributed by atoms with van der Waals surface area (Å²) in [6.07, 6.45) is -2.69. The molecule has 1 aromatic heterocycles. The lowest BCUT2D eigenvalue weighted by atomic mass is 9.88. The molecule has 0 bridgehead atoms. The van der Waals surface area contributed by atoms with Crippen LogP contribution in [-0.2, 0) is 10.9 Å². The van der Waals surface area contributed by atoms with E-state index in [2.05, 4.69) is 9.97 Å². The van der Waals surface area contributed by atoms with Crippen molar-refractivity contribution in [2.24, 2.45) is 5.73 Å². The van der Waals surface area contributed by atoms with Crippen LogP contribution < -0.4 is 10.6 Å². The number of halogens is 3. The highest BCUT2D eigenvalue weighted by atomic mass is 19.4. The van der Waals surface area contributed by atoms with E-state index in [1.807, 2.05) is 0 Å². The fourth-order valence-electron chi connectivity index (χ4n) is 1.95. The molecule has 110 valence electrons. The number of amides is 1. The van der Waals surface area contributed by atoms with E-state index in [-0.39, 0.29) is 12.1 Å².